The van der Waals surface area contributed by atoms with Gasteiger partial charge in [0.15, 0.2) is 0 Å². The van der Waals surface area contributed by atoms with Gasteiger partial charge in [-0.25, -0.2) is 0 Å². The highest BCUT2D eigenvalue weighted by Gasteiger charge is 2.25. The molecule has 1 aliphatic rings. The van der Waals surface area contributed by atoms with Gasteiger partial charge in [-0.1, -0.05) is 13.0 Å². The zero-order valence-corrected chi connectivity index (χ0v) is 6.47. The Morgan fingerprint density at radius 2 is 2.40 bits per heavy atom. The van der Waals surface area contributed by atoms with Gasteiger partial charge in [0.2, 0.25) is 0 Å². The first-order valence-electron chi connectivity index (χ1n) is 3.91. The van der Waals surface area contributed by atoms with Gasteiger partial charge in [0.25, 0.3) is 0 Å². The van der Waals surface area contributed by atoms with E-state index >= 15 is 0 Å². The van der Waals surface area contributed by atoms with Crippen LogP contribution in [-0.4, -0.2) is 5.78 Å². The molecule has 0 aromatic carbocycles. The summed E-state index contributed by atoms with van der Waals surface area (Å²) in [5.74, 6) is 1.09. The van der Waals surface area contributed by atoms with E-state index in [2.05, 4.69) is 6.58 Å². The highest BCUT2D eigenvalue weighted by Crippen LogP contribution is 2.27. The summed E-state index contributed by atoms with van der Waals surface area (Å²) in [6.45, 7) is 5.72. The molecule has 0 aliphatic heterocycles. The predicted octanol–water partition coefficient (Wildman–Crippen LogP) is 2.18. The fraction of sp³-hybridized carbons (Fsp3) is 0.667. The van der Waals surface area contributed by atoms with E-state index in [9.17, 15) is 4.79 Å². The minimum absolute atomic E-state index is 0.228. The fourth-order valence-electron chi connectivity index (χ4n) is 1.55. The molecule has 2 unspecified atom stereocenters. The van der Waals surface area contributed by atoms with Gasteiger partial charge in [-0.15, -0.1) is 6.58 Å². The van der Waals surface area contributed by atoms with Crippen LogP contribution in [0, 0.1) is 11.8 Å². The number of ketones is 1. The second-order valence-corrected chi connectivity index (χ2v) is 3.05. The van der Waals surface area contributed by atoms with Gasteiger partial charge in [0, 0.05) is 12.3 Å². The molecule has 0 amide bonds. The topological polar surface area (TPSA) is 17.1 Å². The summed E-state index contributed by atoms with van der Waals surface area (Å²) in [6.07, 6.45) is 4.91. The lowest BCUT2D eigenvalue weighted by Crippen LogP contribution is -2.24. The highest BCUT2D eigenvalue weighted by molar-refractivity contribution is 5.81. The number of Topliss-reactive ketones (excluding diaryl/α,β-unsaturated/α-hetero) is 1. The Labute approximate surface area is 62.1 Å². The van der Waals surface area contributed by atoms with Gasteiger partial charge in [0.05, 0.1) is 0 Å². The molecule has 1 rings (SSSR count). The molecule has 0 heterocycles. The monoisotopic (exact) mass is 138 g/mol. The van der Waals surface area contributed by atoms with Crippen LogP contribution in [-0.2, 0) is 4.79 Å². The van der Waals surface area contributed by atoms with Crippen LogP contribution in [0.25, 0.3) is 0 Å². The van der Waals surface area contributed by atoms with E-state index in [4.69, 9.17) is 0 Å². The van der Waals surface area contributed by atoms with Gasteiger partial charge in [-0.2, -0.15) is 0 Å². The van der Waals surface area contributed by atoms with E-state index in [0.29, 0.717) is 11.7 Å². The van der Waals surface area contributed by atoms with E-state index in [1.54, 1.807) is 0 Å². The summed E-state index contributed by atoms with van der Waals surface area (Å²) >= 11 is 0. The minimum atomic E-state index is 0.228. The van der Waals surface area contributed by atoms with Crippen molar-refractivity contribution in [2.45, 2.75) is 26.2 Å². The summed E-state index contributed by atoms with van der Waals surface area (Å²) in [6, 6.07) is 0. The molecule has 0 aromatic heterocycles. The summed E-state index contributed by atoms with van der Waals surface area (Å²) in [5.41, 5.74) is 0. The fourth-order valence-corrected chi connectivity index (χ4v) is 1.55. The first-order valence-corrected chi connectivity index (χ1v) is 3.91. The molecule has 0 bridgehead atoms. The molecule has 1 fully saturated rings. The van der Waals surface area contributed by atoms with Crippen LogP contribution in [0.2, 0.25) is 0 Å². The Morgan fingerprint density at radius 3 is 2.90 bits per heavy atom. The molecular formula is C9H14O. The van der Waals surface area contributed by atoms with Crippen molar-refractivity contribution in [3.8, 4) is 0 Å². The van der Waals surface area contributed by atoms with Crippen molar-refractivity contribution >= 4 is 5.78 Å². The van der Waals surface area contributed by atoms with Crippen LogP contribution in [0.3, 0.4) is 0 Å². The van der Waals surface area contributed by atoms with Crippen LogP contribution >= 0.6 is 0 Å². The zero-order chi connectivity index (χ0) is 7.56. The molecule has 0 radical (unpaired) electrons. The van der Waals surface area contributed by atoms with Crippen LogP contribution in [0.4, 0.5) is 0 Å². The molecule has 0 N–H and O–H groups in total. The Kier molecular flexibility index (Phi) is 2.25. The third-order valence-corrected chi connectivity index (χ3v) is 2.41. The quantitative estimate of drug-likeness (QED) is 0.507. The average Bonchev–Trinajstić information content (AvgIpc) is 1.95. The maximum atomic E-state index is 11.1. The molecule has 1 heteroatoms. The van der Waals surface area contributed by atoms with Crippen molar-refractivity contribution in [2.75, 3.05) is 0 Å². The molecule has 10 heavy (non-hydrogen) atoms. The van der Waals surface area contributed by atoms with E-state index in [0.717, 1.165) is 19.3 Å². The molecule has 0 aromatic rings. The van der Waals surface area contributed by atoms with Crippen molar-refractivity contribution in [2.24, 2.45) is 11.8 Å². The smallest absolute Gasteiger partial charge is 0.136 e. The SMILES string of the molecule is C=CC1CCCC(=O)C1C. The number of rotatable bonds is 1. The van der Waals surface area contributed by atoms with Crippen LogP contribution in [0.5, 0.6) is 0 Å². The normalized spacial score (nSPS) is 33.9. The van der Waals surface area contributed by atoms with Crippen molar-refractivity contribution in [1.29, 1.82) is 0 Å². The van der Waals surface area contributed by atoms with Gasteiger partial charge < -0.3 is 0 Å². The van der Waals surface area contributed by atoms with Crippen LogP contribution in [0.15, 0.2) is 12.7 Å². The molecule has 1 saturated carbocycles. The second-order valence-electron chi connectivity index (χ2n) is 3.05. The molecule has 2 atom stereocenters. The summed E-state index contributed by atoms with van der Waals surface area (Å²) in [4.78, 5) is 11.1. The third kappa shape index (κ3) is 1.28. The summed E-state index contributed by atoms with van der Waals surface area (Å²) in [7, 11) is 0. The van der Waals surface area contributed by atoms with Gasteiger partial charge in [0.1, 0.15) is 5.78 Å². The molecule has 1 aliphatic carbocycles. The van der Waals surface area contributed by atoms with E-state index in [1.807, 2.05) is 13.0 Å². The highest BCUT2D eigenvalue weighted by atomic mass is 16.1. The second kappa shape index (κ2) is 3.00. The number of hydrogen-bond donors (Lipinski definition) is 0. The van der Waals surface area contributed by atoms with Crippen molar-refractivity contribution in [3.05, 3.63) is 12.7 Å². The predicted molar refractivity (Wildman–Crippen MR) is 41.7 cm³/mol. The molecule has 0 saturated heterocycles. The number of hydrogen-bond acceptors (Lipinski definition) is 1. The van der Waals surface area contributed by atoms with Gasteiger partial charge in [-0.05, 0) is 18.8 Å². The van der Waals surface area contributed by atoms with E-state index in [-0.39, 0.29) is 5.92 Å². The number of allylic oxidation sites excluding steroid dienone is 1. The Bertz CT molecular complexity index is 149. The lowest BCUT2D eigenvalue weighted by atomic mass is 9.80. The van der Waals surface area contributed by atoms with Crippen molar-refractivity contribution in [3.63, 3.8) is 0 Å². The Balaban J connectivity index is 2.59. The molecule has 1 nitrogen and oxygen atoms in total. The zero-order valence-electron chi connectivity index (χ0n) is 6.47. The lowest BCUT2D eigenvalue weighted by Gasteiger charge is -2.24. The van der Waals surface area contributed by atoms with Crippen LogP contribution in [0.1, 0.15) is 26.2 Å². The largest absolute Gasteiger partial charge is 0.299 e. The van der Waals surface area contributed by atoms with Crippen LogP contribution < -0.4 is 0 Å². The minimum Gasteiger partial charge on any atom is -0.299 e. The molecular weight excluding hydrogens is 124 g/mol. The third-order valence-electron chi connectivity index (χ3n) is 2.41. The maximum absolute atomic E-state index is 11.1. The molecule has 0 spiro atoms. The maximum Gasteiger partial charge on any atom is 0.136 e. The van der Waals surface area contributed by atoms with E-state index in [1.165, 1.54) is 0 Å². The van der Waals surface area contributed by atoms with Gasteiger partial charge in [-0.3, -0.25) is 4.79 Å². The summed E-state index contributed by atoms with van der Waals surface area (Å²) in [5, 5.41) is 0. The first kappa shape index (κ1) is 7.52. The van der Waals surface area contributed by atoms with Crippen molar-refractivity contribution < 1.29 is 4.79 Å². The van der Waals surface area contributed by atoms with Gasteiger partial charge >= 0.3 is 0 Å². The lowest BCUT2D eigenvalue weighted by molar-refractivity contribution is -0.125. The van der Waals surface area contributed by atoms with E-state index < -0.39 is 0 Å². The Morgan fingerprint density at radius 1 is 1.70 bits per heavy atom. The Hall–Kier alpha value is -0.590. The number of carbonyl (C=O) groups is 1. The summed E-state index contributed by atoms with van der Waals surface area (Å²) < 4.78 is 0. The standard InChI is InChI=1S/C9H14O/c1-3-8-5-4-6-9(10)7(8)2/h3,7-8H,1,4-6H2,2H3. The average molecular weight is 138 g/mol. The first-order chi connectivity index (χ1) is 4.75. The number of carbonyl (C=O) groups excluding carboxylic acids is 1. The van der Waals surface area contributed by atoms with Crippen molar-refractivity contribution in [1.82, 2.24) is 0 Å². The molecule has 56 valence electrons.